The Kier molecular flexibility index (Phi) is 4.52. The lowest BCUT2D eigenvalue weighted by Gasteiger charge is -2.16. The quantitative estimate of drug-likeness (QED) is 0.686. The molecule has 1 aliphatic rings. The largest absolute Gasteiger partial charge is 0.462 e. The van der Waals surface area contributed by atoms with Crippen molar-refractivity contribution < 1.29 is 14.3 Å². The molecule has 0 bridgehead atoms. The Morgan fingerprint density at radius 2 is 2.37 bits per heavy atom. The molecule has 6 heteroatoms. The molecular weight excluding hydrogens is 282 g/mol. The first-order chi connectivity index (χ1) is 9.08. The highest BCUT2D eigenvalue weighted by molar-refractivity contribution is 7.80. The van der Waals surface area contributed by atoms with E-state index in [9.17, 15) is 9.59 Å². The number of hydrogen-bond acceptors (Lipinski definition) is 5. The molecule has 0 radical (unpaired) electrons. The molecular formula is C13H17NO3S2. The fraction of sp³-hybridized carbons (Fsp3) is 0.538. The maximum atomic E-state index is 12.0. The molecule has 0 N–H and O–H groups in total. The zero-order valence-electron chi connectivity index (χ0n) is 11.0. The molecule has 2 heterocycles. The maximum Gasteiger partial charge on any atom is 0.341 e. The lowest BCUT2D eigenvalue weighted by Crippen LogP contribution is -2.26. The predicted octanol–water partition coefficient (Wildman–Crippen LogP) is 2.52. The number of anilines is 1. The smallest absolute Gasteiger partial charge is 0.341 e. The van der Waals surface area contributed by atoms with Crippen molar-refractivity contribution >= 4 is 40.8 Å². The van der Waals surface area contributed by atoms with Gasteiger partial charge in [-0.3, -0.25) is 4.79 Å². The second kappa shape index (κ2) is 5.96. The highest BCUT2D eigenvalue weighted by atomic mass is 32.1. The molecule has 1 atom stereocenters. The fourth-order valence-corrected chi connectivity index (χ4v) is 3.50. The number of thiophene rings is 1. The topological polar surface area (TPSA) is 46.6 Å². The number of carbonyl (C=O) groups is 2. The second-order valence-corrected chi connectivity index (χ2v) is 5.80. The third kappa shape index (κ3) is 2.79. The Balaban J connectivity index is 2.31. The molecule has 1 fully saturated rings. The van der Waals surface area contributed by atoms with Gasteiger partial charge in [-0.25, -0.2) is 4.79 Å². The monoisotopic (exact) mass is 299 g/mol. The van der Waals surface area contributed by atoms with Gasteiger partial charge in [-0.15, -0.1) is 11.3 Å². The average molecular weight is 299 g/mol. The van der Waals surface area contributed by atoms with Gasteiger partial charge in [0.25, 0.3) is 0 Å². The summed E-state index contributed by atoms with van der Waals surface area (Å²) in [5.41, 5.74) is 1.39. The zero-order chi connectivity index (χ0) is 14.0. The van der Waals surface area contributed by atoms with Crippen molar-refractivity contribution in [2.75, 3.05) is 23.8 Å². The highest BCUT2D eigenvalue weighted by Gasteiger charge is 2.33. The van der Waals surface area contributed by atoms with E-state index in [0.717, 1.165) is 5.56 Å². The van der Waals surface area contributed by atoms with E-state index in [0.29, 0.717) is 35.9 Å². The number of esters is 1. The number of ether oxygens (including phenoxy) is 1. The van der Waals surface area contributed by atoms with E-state index < -0.39 is 0 Å². The van der Waals surface area contributed by atoms with Crippen LogP contribution in [-0.2, 0) is 9.53 Å². The minimum atomic E-state index is -0.349. The molecule has 1 aromatic heterocycles. The van der Waals surface area contributed by atoms with Crippen molar-refractivity contribution in [2.24, 2.45) is 5.92 Å². The van der Waals surface area contributed by atoms with E-state index >= 15 is 0 Å². The van der Waals surface area contributed by atoms with Gasteiger partial charge < -0.3 is 9.64 Å². The second-order valence-electron chi connectivity index (χ2n) is 4.58. The van der Waals surface area contributed by atoms with Crippen LogP contribution in [0.5, 0.6) is 0 Å². The molecule has 0 aliphatic carbocycles. The first kappa shape index (κ1) is 14.4. The predicted molar refractivity (Wildman–Crippen MR) is 79.3 cm³/mol. The molecule has 0 spiro atoms. The minimum absolute atomic E-state index is 0.0615. The minimum Gasteiger partial charge on any atom is -0.462 e. The van der Waals surface area contributed by atoms with Crippen LogP contribution in [0.1, 0.15) is 29.3 Å². The van der Waals surface area contributed by atoms with Crippen LogP contribution in [0.4, 0.5) is 5.00 Å². The SMILES string of the molecule is CCOC(=O)c1c(C)csc1N1CC(CS)CC1=O. The third-order valence-corrected chi connectivity index (χ3v) is 4.78. The van der Waals surface area contributed by atoms with E-state index in [1.807, 2.05) is 12.3 Å². The lowest BCUT2D eigenvalue weighted by atomic mass is 10.1. The van der Waals surface area contributed by atoms with Crippen LogP contribution in [0.3, 0.4) is 0 Å². The Bertz CT molecular complexity index is 498. The summed E-state index contributed by atoms with van der Waals surface area (Å²) in [4.78, 5) is 25.7. The summed E-state index contributed by atoms with van der Waals surface area (Å²) < 4.78 is 5.07. The number of thiol groups is 1. The third-order valence-electron chi connectivity index (χ3n) is 3.14. The van der Waals surface area contributed by atoms with Crippen LogP contribution in [0.15, 0.2) is 5.38 Å². The van der Waals surface area contributed by atoms with Crippen molar-refractivity contribution in [1.82, 2.24) is 0 Å². The first-order valence-corrected chi connectivity index (χ1v) is 7.76. The first-order valence-electron chi connectivity index (χ1n) is 6.24. The lowest BCUT2D eigenvalue weighted by molar-refractivity contribution is -0.117. The molecule has 1 unspecified atom stereocenters. The molecule has 0 saturated carbocycles. The summed E-state index contributed by atoms with van der Waals surface area (Å²) in [6, 6.07) is 0. The number of hydrogen-bond donors (Lipinski definition) is 1. The van der Waals surface area contributed by atoms with E-state index in [2.05, 4.69) is 12.6 Å². The molecule has 1 amide bonds. The van der Waals surface area contributed by atoms with Crippen molar-refractivity contribution in [2.45, 2.75) is 20.3 Å². The Hall–Kier alpha value is -1.01. The van der Waals surface area contributed by atoms with Crippen molar-refractivity contribution in [1.29, 1.82) is 0 Å². The van der Waals surface area contributed by atoms with Crippen molar-refractivity contribution in [3.8, 4) is 0 Å². The van der Waals surface area contributed by atoms with Gasteiger partial charge >= 0.3 is 5.97 Å². The van der Waals surface area contributed by atoms with Crippen LogP contribution in [0.25, 0.3) is 0 Å². The van der Waals surface area contributed by atoms with Crippen molar-refractivity contribution in [3.63, 3.8) is 0 Å². The normalized spacial score (nSPS) is 19.0. The average Bonchev–Trinajstić information content (AvgIpc) is 2.92. The van der Waals surface area contributed by atoms with Gasteiger partial charge in [-0.05, 0) is 36.5 Å². The van der Waals surface area contributed by atoms with Gasteiger partial charge in [0, 0.05) is 13.0 Å². The fourth-order valence-electron chi connectivity index (χ4n) is 2.18. The van der Waals surface area contributed by atoms with Crippen LogP contribution in [-0.4, -0.2) is 30.8 Å². The molecule has 104 valence electrons. The zero-order valence-corrected chi connectivity index (χ0v) is 12.7. The van der Waals surface area contributed by atoms with Gasteiger partial charge in [-0.1, -0.05) is 0 Å². The van der Waals surface area contributed by atoms with E-state index in [4.69, 9.17) is 4.74 Å². The number of amides is 1. The summed E-state index contributed by atoms with van der Waals surface area (Å²) in [7, 11) is 0. The highest BCUT2D eigenvalue weighted by Crippen LogP contribution is 2.36. The number of nitrogens with zero attached hydrogens (tertiary/aromatic N) is 1. The maximum absolute atomic E-state index is 12.0. The molecule has 0 aromatic carbocycles. The van der Waals surface area contributed by atoms with Gasteiger partial charge in [0.1, 0.15) is 5.00 Å². The standard InChI is InChI=1S/C13H17NO3S2/c1-3-17-13(16)11-8(2)7-19-12(11)14-5-9(6-18)4-10(14)15/h7,9,18H,3-6H2,1-2H3. The van der Waals surface area contributed by atoms with Gasteiger partial charge in [0.15, 0.2) is 0 Å². The van der Waals surface area contributed by atoms with Gasteiger partial charge in [-0.2, -0.15) is 12.6 Å². The van der Waals surface area contributed by atoms with E-state index in [1.165, 1.54) is 11.3 Å². The van der Waals surface area contributed by atoms with E-state index in [-0.39, 0.29) is 17.8 Å². The van der Waals surface area contributed by atoms with Crippen LogP contribution in [0, 0.1) is 12.8 Å². The number of carbonyl (C=O) groups excluding carboxylic acids is 2. The summed E-state index contributed by atoms with van der Waals surface area (Å²) in [5, 5.41) is 2.60. The molecule has 2 rings (SSSR count). The number of aryl methyl sites for hydroxylation is 1. The Labute approximate surface area is 122 Å². The summed E-state index contributed by atoms with van der Waals surface area (Å²) >= 11 is 5.67. The summed E-state index contributed by atoms with van der Waals surface area (Å²) in [6.07, 6.45) is 0.503. The molecule has 4 nitrogen and oxygen atoms in total. The molecule has 19 heavy (non-hydrogen) atoms. The van der Waals surface area contributed by atoms with Crippen molar-refractivity contribution in [3.05, 3.63) is 16.5 Å². The molecule has 1 aliphatic heterocycles. The summed E-state index contributed by atoms with van der Waals surface area (Å²) in [5.74, 6) is 0.652. The van der Waals surface area contributed by atoms with Crippen LogP contribution >= 0.6 is 24.0 Å². The molecule has 1 saturated heterocycles. The summed E-state index contributed by atoms with van der Waals surface area (Å²) in [6.45, 7) is 4.61. The molecule has 1 aromatic rings. The van der Waals surface area contributed by atoms with Gasteiger partial charge in [0.05, 0.1) is 12.2 Å². The number of rotatable bonds is 4. The Morgan fingerprint density at radius 1 is 1.63 bits per heavy atom. The van der Waals surface area contributed by atoms with E-state index in [1.54, 1.807) is 11.8 Å². The Morgan fingerprint density at radius 3 is 2.95 bits per heavy atom. The van der Waals surface area contributed by atoms with Gasteiger partial charge in [0.2, 0.25) is 5.91 Å². The van der Waals surface area contributed by atoms with Crippen LogP contribution in [0.2, 0.25) is 0 Å². The van der Waals surface area contributed by atoms with Crippen LogP contribution < -0.4 is 4.90 Å².